The zero-order valence-electron chi connectivity index (χ0n) is 10.8. The summed E-state index contributed by atoms with van der Waals surface area (Å²) in [6.45, 7) is 0. The summed E-state index contributed by atoms with van der Waals surface area (Å²) in [5.41, 5.74) is 1.39. The van der Waals surface area contributed by atoms with Crippen LogP contribution in [0.15, 0.2) is 23.1 Å². The minimum atomic E-state index is -0.0223. The number of ketones is 1. The van der Waals surface area contributed by atoms with Gasteiger partial charge in [0.25, 0.3) is 5.91 Å². The van der Waals surface area contributed by atoms with Gasteiger partial charge >= 0.3 is 0 Å². The Morgan fingerprint density at radius 1 is 1.26 bits per heavy atom. The van der Waals surface area contributed by atoms with E-state index < -0.39 is 0 Å². The number of hydrogen-bond acceptors (Lipinski definition) is 3. The van der Waals surface area contributed by atoms with Crippen LogP contribution in [0.4, 0.5) is 0 Å². The summed E-state index contributed by atoms with van der Waals surface area (Å²) in [5.74, 6) is 0.912. The molecule has 3 nitrogen and oxygen atoms in total. The van der Waals surface area contributed by atoms with Gasteiger partial charge in [0.1, 0.15) is 0 Å². The number of fused-ring (bicyclic) bond motifs is 1. The van der Waals surface area contributed by atoms with Crippen molar-refractivity contribution in [3.8, 4) is 0 Å². The van der Waals surface area contributed by atoms with Crippen molar-refractivity contribution in [2.75, 3.05) is 5.75 Å². The molecule has 3 rings (SSSR count). The van der Waals surface area contributed by atoms with Crippen LogP contribution in [0.1, 0.15) is 52.8 Å². The summed E-state index contributed by atoms with van der Waals surface area (Å²) in [6.07, 6.45) is 5.13. The minimum absolute atomic E-state index is 0.0223. The number of thioether (sulfide) groups is 1. The lowest BCUT2D eigenvalue weighted by atomic mass is 10.0. The fourth-order valence-corrected chi connectivity index (χ4v) is 3.95. The van der Waals surface area contributed by atoms with Crippen molar-refractivity contribution >= 4 is 23.5 Å². The van der Waals surface area contributed by atoms with Gasteiger partial charge in [-0.05, 0) is 18.9 Å². The number of carbonyl (C=O) groups excluding carboxylic acids is 2. The first-order chi connectivity index (χ1) is 9.25. The molecule has 1 heterocycles. The highest BCUT2D eigenvalue weighted by atomic mass is 32.2. The predicted octanol–water partition coefficient (Wildman–Crippen LogP) is 3.04. The average Bonchev–Trinajstić information content (AvgIpc) is 2.91. The Morgan fingerprint density at radius 3 is 2.84 bits per heavy atom. The smallest absolute Gasteiger partial charge is 0.252 e. The highest BCUT2D eigenvalue weighted by Gasteiger charge is 2.25. The van der Waals surface area contributed by atoms with Gasteiger partial charge in [-0.3, -0.25) is 9.59 Å². The Morgan fingerprint density at radius 2 is 2.05 bits per heavy atom. The van der Waals surface area contributed by atoms with Crippen molar-refractivity contribution < 1.29 is 9.59 Å². The van der Waals surface area contributed by atoms with E-state index in [1.165, 1.54) is 12.8 Å². The number of hydrogen-bond donors (Lipinski definition) is 1. The molecule has 0 atom stereocenters. The van der Waals surface area contributed by atoms with E-state index in [-0.39, 0.29) is 11.7 Å². The van der Waals surface area contributed by atoms with Crippen LogP contribution < -0.4 is 5.32 Å². The number of benzene rings is 1. The summed E-state index contributed by atoms with van der Waals surface area (Å²) < 4.78 is 0. The number of amides is 1. The third-order valence-electron chi connectivity index (χ3n) is 3.83. The molecule has 1 aromatic carbocycles. The van der Waals surface area contributed by atoms with Gasteiger partial charge < -0.3 is 5.32 Å². The molecule has 0 spiro atoms. The first-order valence-corrected chi connectivity index (χ1v) is 7.84. The van der Waals surface area contributed by atoms with Gasteiger partial charge in [0.15, 0.2) is 5.78 Å². The van der Waals surface area contributed by atoms with Crippen LogP contribution in [0.3, 0.4) is 0 Å². The minimum Gasteiger partial charge on any atom is -0.349 e. The molecule has 2 aliphatic rings. The molecule has 1 fully saturated rings. The van der Waals surface area contributed by atoms with Gasteiger partial charge in [0.05, 0.1) is 5.56 Å². The molecule has 0 bridgehead atoms. The third kappa shape index (κ3) is 2.54. The van der Waals surface area contributed by atoms with E-state index in [0.717, 1.165) is 29.1 Å². The quantitative estimate of drug-likeness (QED) is 0.902. The molecule has 1 N–H and O–H groups in total. The molecular formula is C15H17NO2S. The van der Waals surface area contributed by atoms with Crippen LogP contribution in [-0.4, -0.2) is 23.5 Å². The Hall–Kier alpha value is -1.29. The second-order valence-electron chi connectivity index (χ2n) is 5.16. The maximum Gasteiger partial charge on any atom is 0.252 e. The van der Waals surface area contributed by atoms with E-state index in [1.807, 2.05) is 18.2 Å². The molecular weight excluding hydrogens is 258 g/mol. The lowest BCUT2D eigenvalue weighted by molar-refractivity contribution is 0.0934. The zero-order valence-corrected chi connectivity index (χ0v) is 11.6. The maximum atomic E-state index is 12.3. The lowest BCUT2D eigenvalue weighted by Gasteiger charge is -2.19. The highest BCUT2D eigenvalue weighted by Crippen LogP contribution is 2.33. The van der Waals surface area contributed by atoms with Crippen LogP contribution in [0.25, 0.3) is 0 Å². The summed E-state index contributed by atoms with van der Waals surface area (Å²) in [6, 6.07) is 5.78. The van der Waals surface area contributed by atoms with Crippen LogP contribution >= 0.6 is 11.8 Å². The van der Waals surface area contributed by atoms with Gasteiger partial charge in [-0.2, -0.15) is 0 Å². The van der Waals surface area contributed by atoms with Crippen LogP contribution in [0, 0.1) is 0 Å². The molecule has 1 aromatic rings. The van der Waals surface area contributed by atoms with Crippen molar-refractivity contribution in [2.45, 2.75) is 43.0 Å². The molecule has 1 amide bonds. The SMILES string of the molecule is O=C1CCSc2c1cccc2C(=O)NC1CCCC1. The second kappa shape index (κ2) is 5.37. The number of Topliss-reactive ketones (excluding diaryl/α,β-unsaturated/α-hetero) is 1. The topological polar surface area (TPSA) is 46.2 Å². The van der Waals surface area contributed by atoms with E-state index >= 15 is 0 Å². The predicted molar refractivity (Wildman–Crippen MR) is 75.8 cm³/mol. The summed E-state index contributed by atoms with van der Waals surface area (Å²) in [4.78, 5) is 25.1. The molecule has 4 heteroatoms. The van der Waals surface area contributed by atoms with Crippen molar-refractivity contribution in [2.24, 2.45) is 0 Å². The van der Waals surface area contributed by atoms with Crippen molar-refractivity contribution in [3.05, 3.63) is 29.3 Å². The van der Waals surface area contributed by atoms with E-state index in [2.05, 4.69) is 5.32 Å². The normalized spacial score (nSPS) is 19.3. The van der Waals surface area contributed by atoms with E-state index in [1.54, 1.807) is 11.8 Å². The van der Waals surface area contributed by atoms with Crippen molar-refractivity contribution in [3.63, 3.8) is 0 Å². The molecule has 0 aromatic heterocycles. The Balaban J connectivity index is 1.85. The maximum absolute atomic E-state index is 12.3. The van der Waals surface area contributed by atoms with Gasteiger partial charge in [-0.1, -0.05) is 25.0 Å². The lowest BCUT2D eigenvalue weighted by Crippen LogP contribution is -2.33. The molecule has 19 heavy (non-hydrogen) atoms. The van der Waals surface area contributed by atoms with Crippen molar-refractivity contribution in [1.29, 1.82) is 0 Å². The van der Waals surface area contributed by atoms with E-state index in [4.69, 9.17) is 0 Å². The van der Waals surface area contributed by atoms with Gasteiger partial charge in [0.2, 0.25) is 0 Å². The van der Waals surface area contributed by atoms with Gasteiger partial charge in [-0.25, -0.2) is 0 Å². The fraction of sp³-hybridized carbons (Fsp3) is 0.467. The Bertz CT molecular complexity index is 521. The summed E-state index contributed by atoms with van der Waals surface area (Å²) >= 11 is 1.62. The molecule has 1 aliphatic carbocycles. The molecule has 1 aliphatic heterocycles. The third-order valence-corrected chi connectivity index (χ3v) is 4.96. The van der Waals surface area contributed by atoms with Crippen LogP contribution in [0.2, 0.25) is 0 Å². The Kier molecular flexibility index (Phi) is 3.60. The Labute approximate surface area is 117 Å². The van der Waals surface area contributed by atoms with Crippen molar-refractivity contribution in [1.82, 2.24) is 5.32 Å². The van der Waals surface area contributed by atoms with Crippen LogP contribution in [-0.2, 0) is 0 Å². The average molecular weight is 275 g/mol. The largest absolute Gasteiger partial charge is 0.349 e. The number of rotatable bonds is 2. The van der Waals surface area contributed by atoms with Gasteiger partial charge in [-0.15, -0.1) is 11.8 Å². The highest BCUT2D eigenvalue weighted by molar-refractivity contribution is 7.99. The van der Waals surface area contributed by atoms with E-state index in [9.17, 15) is 9.59 Å². The fourth-order valence-electron chi connectivity index (χ4n) is 2.80. The summed E-state index contributed by atoms with van der Waals surface area (Å²) in [5, 5.41) is 3.10. The molecule has 0 radical (unpaired) electrons. The first kappa shape index (κ1) is 12.7. The van der Waals surface area contributed by atoms with Gasteiger partial charge in [0, 0.05) is 28.7 Å². The summed E-state index contributed by atoms with van der Waals surface area (Å²) in [7, 11) is 0. The number of carbonyl (C=O) groups is 2. The molecule has 0 saturated heterocycles. The first-order valence-electron chi connectivity index (χ1n) is 6.85. The number of nitrogens with one attached hydrogen (secondary N) is 1. The molecule has 0 unspecified atom stereocenters. The van der Waals surface area contributed by atoms with E-state index in [0.29, 0.717) is 18.0 Å². The standard InChI is InChI=1S/C15H17NO2S/c17-13-8-9-19-14-11(13)6-3-7-12(14)15(18)16-10-4-1-2-5-10/h3,6-7,10H,1-2,4-5,8-9H2,(H,16,18). The zero-order chi connectivity index (χ0) is 13.2. The molecule has 1 saturated carbocycles. The van der Waals surface area contributed by atoms with Crippen LogP contribution in [0.5, 0.6) is 0 Å². The second-order valence-corrected chi connectivity index (χ2v) is 6.26. The molecule has 100 valence electrons. The monoisotopic (exact) mass is 275 g/mol.